The van der Waals surface area contributed by atoms with Gasteiger partial charge in [0.1, 0.15) is 17.8 Å². The number of amides is 2. The van der Waals surface area contributed by atoms with Gasteiger partial charge in [-0.15, -0.1) is 0 Å². The SMILES string of the molecule is C=CC(=O)OCCCCCCOC1CCC(OC(=O)C2CCC(C(=O)Oc3c4c(c(OC(=O)C5CCC(C(=O)OC6CCC(OCCCCCCOC(=O)C=C)CC6)CC5)c5ccccc35)SC(=C3C(=O)N(CC)C(=S)N(CC)C3=O)S4)CC2)CC1. The summed E-state index contributed by atoms with van der Waals surface area (Å²) in [6.45, 7) is 12.9. The molecule has 468 valence electrons. The third kappa shape index (κ3) is 17.6. The van der Waals surface area contributed by atoms with Crippen molar-refractivity contribution >= 4 is 99.3 Å². The zero-order valence-electron chi connectivity index (χ0n) is 49.9. The number of likely N-dealkylation sites (N-methyl/N-ethyl adjacent to an activating group) is 2. The van der Waals surface area contributed by atoms with Crippen LogP contribution in [0, 0.1) is 23.7 Å². The Hall–Kier alpha value is -5.61. The number of benzene rings is 2. The standard InChI is InChI=1S/C65H84N2O16S3/c1-5-51(68)78-39-17-11-9-15-37-76-45-29-33-47(34-30-45)80-60(72)41-21-25-43(26-22-41)62(74)82-54-49-19-13-14-20-50(49)55(57-56(54)85-64(86-57)53-58(70)66(7-3)65(84)67(8-4)59(53)71)83-63(75)44-27-23-42(24-28-44)61(73)81-48-35-31-46(32-36-48)77-38-16-10-12-18-40-79-52(69)6-2/h5-6,13-14,19-20,41-48H,1-2,7-12,15-18,21-40H2,3-4H3. The summed E-state index contributed by atoms with van der Waals surface area (Å²) in [6, 6.07) is 7.17. The third-order valence-corrected chi connectivity index (χ3v) is 20.3. The number of hydrogen-bond donors (Lipinski definition) is 0. The predicted molar refractivity (Wildman–Crippen MR) is 328 cm³/mol. The van der Waals surface area contributed by atoms with Crippen LogP contribution in [0.5, 0.6) is 11.5 Å². The fraction of sp³-hybridized carbons (Fsp3) is 0.615. The van der Waals surface area contributed by atoms with Gasteiger partial charge in [-0.1, -0.05) is 73.8 Å². The first-order chi connectivity index (χ1) is 41.7. The molecule has 2 aliphatic heterocycles. The van der Waals surface area contributed by atoms with Gasteiger partial charge in [-0.25, -0.2) is 9.59 Å². The second kappa shape index (κ2) is 33.1. The first-order valence-corrected chi connectivity index (χ1v) is 33.3. The molecule has 21 heteroatoms. The van der Waals surface area contributed by atoms with E-state index in [0.717, 1.165) is 126 Å². The van der Waals surface area contributed by atoms with Crippen LogP contribution in [-0.2, 0) is 66.8 Å². The van der Waals surface area contributed by atoms with E-state index in [4.69, 9.17) is 50.1 Å². The molecule has 4 saturated carbocycles. The average molecular weight is 1250 g/mol. The van der Waals surface area contributed by atoms with Crippen LogP contribution in [0.25, 0.3) is 10.8 Å². The monoisotopic (exact) mass is 1240 g/mol. The number of nitrogens with zero attached hydrogens (tertiary/aromatic N) is 2. The molecule has 0 spiro atoms. The van der Waals surface area contributed by atoms with Crippen molar-refractivity contribution in [1.29, 1.82) is 0 Å². The minimum absolute atomic E-state index is 0.0824. The van der Waals surface area contributed by atoms with Crippen molar-refractivity contribution in [2.24, 2.45) is 23.7 Å². The van der Waals surface area contributed by atoms with Crippen molar-refractivity contribution in [1.82, 2.24) is 9.80 Å². The van der Waals surface area contributed by atoms with Gasteiger partial charge in [0.15, 0.2) is 16.6 Å². The molecule has 0 N–H and O–H groups in total. The molecule has 86 heavy (non-hydrogen) atoms. The number of ether oxygens (including phenoxy) is 8. The maximum Gasteiger partial charge on any atom is 0.330 e. The highest BCUT2D eigenvalue weighted by Gasteiger charge is 2.45. The highest BCUT2D eigenvalue weighted by Crippen LogP contribution is 2.62. The number of carbonyl (C=O) groups is 8. The van der Waals surface area contributed by atoms with E-state index in [1.165, 1.54) is 22.0 Å². The van der Waals surface area contributed by atoms with E-state index in [0.29, 0.717) is 103 Å². The molecule has 0 unspecified atom stereocenters. The van der Waals surface area contributed by atoms with Crippen LogP contribution < -0.4 is 9.47 Å². The molecule has 8 rings (SSSR count). The van der Waals surface area contributed by atoms with Crippen molar-refractivity contribution < 1.29 is 76.3 Å². The predicted octanol–water partition coefficient (Wildman–Crippen LogP) is 12.0. The summed E-state index contributed by atoms with van der Waals surface area (Å²) in [4.78, 5) is 110. The lowest BCUT2D eigenvalue weighted by atomic mass is 9.82. The second-order valence-corrected chi connectivity index (χ2v) is 25.7. The molecule has 5 fully saturated rings. The van der Waals surface area contributed by atoms with Gasteiger partial charge in [-0.05, 0) is 167 Å². The molecule has 2 amide bonds. The van der Waals surface area contributed by atoms with E-state index in [-0.39, 0.29) is 83.5 Å². The largest absolute Gasteiger partial charge is 0.463 e. The third-order valence-electron chi connectivity index (χ3n) is 17.2. The van der Waals surface area contributed by atoms with Crippen LogP contribution in [0.3, 0.4) is 0 Å². The maximum absolute atomic E-state index is 14.4. The Balaban J connectivity index is 0.860. The topological polar surface area (TPSA) is 217 Å². The van der Waals surface area contributed by atoms with Gasteiger partial charge in [-0.2, -0.15) is 0 Å². The minimum Gasteiger partial charge on any atom is -0.463 e. The van der Waals surface area contributed by atoms with E-state index >= 15 is 0 Å². The first-order valence-electron chi connectivity index (χ1n) is 31.2. The van der Waals surface area contributed by atoms with Crippen LogP contribution in [0.2, 0.25) is 0 Å². The Morgan fingerprint density at radius 1 is 0.500 bits per heavy atom. The number of thioether (sulfide) groups is 2. The molecule has 6 aliphatic rings. The van der Waals surface area contributed by atoms with Gasteiger partial charge in [0, 0.05) is 49.2 Å². The molecule has 2 aromatic rings. The highest BCUT2D eigenvalue weighted by atomic mass is 32.2. The highest BCUT2D eigenvalue weighted by molar-refractivity contribution is 8.25. The molecule has 18 nitrogen and oxygen atoms in total. The normalized spacial score (nSPS) is 24.2. The lowest BCUT2D eigenvalue weighted by Crippen LogP contribution is -2.56. The van der Waals surface area contributed by atoms with E-state index in [2.05, 4.69) is 13.2 Å². The molecule has 1 saturated heterocycles. The Labute approximate surface area is 518 Å². The lowest BCUT2D eigenvalue weighted by Gasteiger charge is -2.35. The summed E-state index contributed by atoms with van der Waals surface area (Å²) in [5.74, 6) is -4.63. The van der Waals surface area contributed by atoms with Crippen LogP contribution in [0.4, 0.5) is 0 Å². The van der Waals surface area contributed by atoms with Crippen LogP contribution in [-0.4, -0.2) is 126 Å². The van der Waals surface area contributed by atoms with E-state index in [1.807, 2.05) is 0 Å². The number of fused-ring (bicyclic) bond motifs is 2. The molecular formula is C65H84N2O16S3. The fourth-order valence-corrected chi connectivity index (χ4v) is 15.3. The Morgan fingerprint density at radius 2 is 0.837 bits per heavy atom. The summed E-state index contributed by atoms with van der Waals surface area (Å²) in [5, 5.41) is 1.11. The van der Waals surface area contributed by atoms with Crippen molar-refractivity contribution in [3.63, 3.8) is 0 Å². The van der Waals surface area contributed by atoms with Crippen LogP contribution in [0.1, 0.15) is 168 Å². The van der Waals surface area contributed by atoms with Gasteiger partial charge < -0.3 is 37.9 Å². The van der Waals surface area contributed by atoms with Crippen molar-refractivity contribution in [2.75, 3.05) is 39.5 Å². The van der Waals surface area contributed by atoms with Crippen molar-refractivity contribution in [2.45, 2.75) is 202 Å². The van der Waals surface area contributed by atoms with Crippen molar-refractivity contribution in [3.8, 4) is 11.5 Å². The van der Waals surface area contributed by atoms with Gasteiger partial charge in [-0.3, -0.25) is 38.6 Å². The van der Waals surface area contributed by atoms with E-state index in [9.17, 15) is 38.4 Å². The summed E-state index contributed by atoms with van der Waals surface area (Å²) >= 11 is 7.82. The Bertz CT molecular complexity index is 2640. The number of esters is 6. The fourth-order valence-electron chi connectivity index (χ4n) is 12.2. The molecule has 2 aromatic carbocycles. The molecule has 0 radical (unpaired) electrons. The van der Waals surface area contributed by atoms with Crippen LogP contribution in [0.15, 0.2) is 69.2 Å². The number of hydrogen-bond acceptors (Lipinski definition) is 19. The molecular weight excluding hydrogens is 1160 g/mol. The van der Waals surface area contributed by atoms with Crippen LogP contribution >= 0.6 is 35.7 Å². The Morgan fingerprint density at radius 3 is 1.19 bits per heavy atom. The summed E-state index contributed by atoms with van der Waals surface area (Å²) in [7, 11) is 0. The quantitative estimate of drug-likeness (QED) is 0.0147. The molecule has 0 aromatic heterocycles. The number of unbranched alkanes of at least 4 members (excludes halogenated alkanes) is 6. The van der Waals surface area contributed by atoms with E-state index < -0.39 is 47.5 Å². The molecule has 4 aliphatic carbocycles. The Kier molecular flexibility index (Phi) is 25.5. The van der Waals surface area contributed by atoms with Gasteiger partial charge in [0.25, 0.3) is 11.8 Å². The average Bonchev–Trinajstić information content (AvgIpc) is 1.58. The number of thiocarbonyl (C=S) groups is 1. The van der Waals surface area contributed by atoms with Gasteiger partial charge in [0.2, 0.25) is 0 Å². The summed E-state index contributed by atoms with van der Waals surface area (Å²) in [5.41, 5.74) is -0.0824. The minimum atomic E-state index is -0.547. The molecule has 0 atom stereocenters. The van der Waals surface area contributed by atoms with Gasteiger partial charge >= 0.3 is 35.8 Å². The van der Waals surface area contributed by atoms with E-state index in [1.54, 1.807) is 38.1 Å². The summed E-state index contributed by atoms with van der Waals surface area (Å²) in [6.07, 6.45) is 19.2. The van der Waals surface area contributed by atoms with Gasteiger partial charge in [0.05, 0.1) is 63.1 Å². The zero-order valence-corrected chi connectivity index (χ0v) is 52.3. The summed E-state index contributed by atoms with van der Waals surface area (Å²) < 4.78 is 47.6. The zero-order chi connectivity index (χ0) is 61.1. The second-order valence-electron chi connectivity index (χ2n) is 23.0. The van der Waals surface area contributed by atoms with Crippen molar-refractivity contribution in [3.05, 3.63) is 59.4 Å². The maximum atomic E-state index is 14.4. The smallest absolute Gasteiger partial charge is 0.330 e. The number of carbonyl (C=O) groups excluding carboxylic acids is 8. The molecule has 2 heterocycles. The first kappa shape index (κ1) is 66.3. The molecule has 0 bridgehead atoms. The lowest BCUT2D eigenvalue weighted by molar-refractivity contribution is -0.160. The number of rotatable bonds is 28.